The zero-order valence-electron chi connectivity index (χ0n) is 22.8. The smallest absolute Gasteiger partial charge is 0.339 e. The van der Waals surface area contributed by atoms with E-state index in [9.17, 15) is 24.5 Å². The van der Waals surface area contributed by atoms with Gasteiger partial charge in [-0.2, -0.15) is 0 Å². The molecule has 1 aromatic carbocycles. The van der Waals surface area contributed by atoms with E-state index in [0.717, 1.165) is 0 Å². The Morgan fingerprint density at radius 3 is 2.00 bits per heavy atom. The molecule has 0 aliphatic carbocycles. The summed E-state index contributed by atoms with van der Waals surface area (Å²) in [4.78, 5) is 49.8. The molecule has 2 rings (SSSR count). The standard InChI is InChI=1S/C26H34N2O10/c1-14(34-6)21-19(23(29)36-8)18(16-10-9-11-17(12-16)28(32)33)20(22(27-21)15(2)35-7)24(30)37-13-38-25(31)26(3,4)5/h9-12,14-15,18,27H,13H2,1-8H3. The molecule has 1 aromatic rings. The van der Waals surface area contributed by atoms with Crippen LogP contribution in [-0.2, 0) is 38.1 Å². The van der Waals surface area contributed by atoms with Crippen molar-refractivity contribution < 1.29 is 43.0 Å². The summed E-state index contributed by atoms with van der Waals surface area (Å²) in [5, 5.41) is 14.6. The number of benzene rings is 1. The van der Waals surface area contributed by atoms with Gasteiger partial charge in [-0.25, -0.2) is 9.59 Å². The summed E-state index contributed by atoms with van der Waals surface area (Å²) in [5.74, 6) is -3.48. The van der Waals surface area contributed by atoms with Gasteiger partial charge in [-0.05, 0) is 40.2 Å². The molecule has 0 saturated carbocycles. The molecule has 0 fully saturated rings. The number of hydrogen-bond donors (Lipinski definition) is 1. The monoisotopic (exact) mass is 534 g/mol. The predicted octanol–water partition coefficient (Wildman–Crippen LogP) is 3.12. The topological polar surface area (TPSA) is 153 Å². The van der Waals surface area contributed by atoms with Gasteiger partial charge in [0.1, 0.15) is 0 Å². The number of ether oxygens (including phenoxy) is 5. The SMILES string of the molecule is COC(=O)C1=C(C(C)OC)NC(C(C)OC)=C(C(=O)OCOC(=O)C(C)(C)C)C1c1cccc([N+](=O)[O-])c1. The second-order valence-corrected chi connectivity index (χ2v) is 9.54. The highest BCUT2D eigenvalue weighted by Gasteiger charge is 2.42. The summed E-state index contributed by atoms with van der Waals surface area (Å²) in [5.41, 5.74) is -0.382. The minimum absolute atomic E-state index is 0.00645. The van der Waals surface area contributed by atoms with Crippen LogP contribution in [0.4, 0.5) is 5.69 Å². The van der Waals surface area contributed by atoms with Crippen molar-refractivity contribution in [2.45, 2.75) is 52.7 Å². The maximum absolute atomic E-state index is 13.6. The highest BCUT2D eigenvalue weighted by Crippen LogP contribution is 2.42. The van der Waals surface area contributed by atoms with Gasteiger partial charge < -0.3 is 29.0 Å². The highest BCUT2D eigenvalue weighted by molar-refractivity contribution is 6.00. The molecule has 1 aliphatic rings. The highest BCUT2D eigenvalue weighted by atomic mass is 16.7. The predicted molar refractivity (Wildman–Crippen MR) is 134 cm³/mol. The van der Waals surface area contributed by atoms with Crippen LogP contribution < -0.4 is 5.32 Å². The Hall–Kier alpha value is -3.77. The largest absolute Gasteiger partial charge is 0.466 e. The quantitative estimate of drug-likeness (QED) is 0.204. The lowest BCUT2D eigenvalue weighted by molar-refractivity contribution is -0.384. The van der Waals surface area contributed by atoms with Crippen molar-refractivity contribution in [3.05, 3.63) is 62.5 Å². The zero-order valence-corrected chi connectivity index (χ0v) is 22.8. The molecule has 0 saturated heterocycles. The number of nitrogens with one attached hydrogen (secondary N) is 1. The Balaban J connectivity index is 2.77. The molecule has 12 heteroatoms. The number of dihydropyridines is 1. The van der Waals surface area contributed by atoms with Gasteiger partial charge >= 0.3 is 17.9 Å². The van der Waals surface area contributed by atoms with E-state index in [2.05, 4.69) is 5.32 Å². The van der Waals surface area contributed by atoms with E-state index in [4.69, 9.17) is 23.7 Å². The van der Waals surface area contributed by atoms with Crippen molar-refractivity contribution in [1.82, 2.24) is 5.32 Å². The van der Waals surface area contributed by atoms with Gasteiger partial charge in [-0.1, -0.05) is 12.1 Å². The molecular formula is C26H34N2O10. The van der Waals surface area contributed by atoms with Crippen molar-refractivity contribution >= 4 is 23.6 Å². The van der Waals surface area contributed by atoms with Gasteiger partial charge in [0.25, 0.3) is 5.69 Å². The Morgan fingerprint density at radius 1 is 0.974 bits per heavy atom. The minimum Gasteiger partial charge on any atom is -0.466 e. The van der Waals surface area contributed by atoms with E-state index < -0.39 is 53.2 Å². The van der Waals surface area contributed by atoms with Crippen LogP contribution in [0.15, 0.2) is 46.8 Å². The molecule has 208 valence electrons. The van der Waals surface area contributed by atoms with E-state index in [1.54, 1.807) is 40.7 Å². The number of carbonyl (C=O) groups excluding carboxylic acids is 3. The summed E-state index contributed by atoms with van der Waals surface area (Å²) in [6, 6.07) is 5.54. The third-order valence-electron chi connectivity index (χ3n) is 5.98. The number of carbonyl (C=O) groups is 3. The van der Waals surface area contributed by atoms with E-state index in [0.29, 0.717) is 0 Å². The zero-order chi connectivity index (χ0) is 28.8. The lowest BCUT2D eigenvalue weighted by Gasteiger charge is -2.35. The van der Waals surface area contributed by atoms with E-state index in [-0.39, 0.29) is 33.8 Å². The molecule has 0 spiro atoms. The van der Waals surface area contributed by atoms with E-state index in [1.165, 1.54) is 39.5 Å². The lowest BCUT2D eigenvalue weighted by atomic mass is 9.78. The van der Waals surface area contributed by atoms with Crippen LogP contribution in [-0.4, -0.2) is 63.2 Å². The third-order valence-corrected chi connectivity index (χ3v) is 5.98. The van der Waals surface area contributed by atoms with E-state index >= 15 is 0 Å². The molecule has 0 aromatic heterocycles. The van der Waals surface area contributed by atoms with Gasteiger partial charge in [-0.15, -0.1) is 0 Å². The number of non-ortho nitro benzene ring substituents is 1. The van der Waals surface area contributed by atoms with Gasteiger partial charge in [-0.3, -0.25) is 14.9 Å². The second-order valence-electron chi connectivity index (χ2n) is 9.54. The Morgan fingerprint density at radius 2 is 1.53 bits per heavy atom. The fraction of sp³-hybridized carbons (Fsp3) is 0.500. The molecular weight excluding hydrogens is 500 g/mol. The average Bonchev–Trinajstić information content (AvgIpc) is 2.89. The van der Waals surface area contributed by atoms with Crippen molar-refractivity contribution in [3.63, 3.8) is 0 Å². The number of rotatable bonds is 10. The molecule has 1 heterocycles. The van der Waals surface area contributed by atoms with Gasteiger partial charge in [0.05, 0.1) is 58.1 Å². The maximum Gasteiger partial charge on any atom is 0.339 e. The number of nitro benzene ring substituents is 1. The van der Waals surface area contributed by atoms with Gasteiger partial charge in [0.2, 0.25) is 6.79 Å². The number of methoxy groups -OCH3 is 3. The summed E-state index contributed by atoms with van der Waals surface area (Å²) in [7, 11) is 4.04. The normalized spacial score (nSPS) is 17.3. The van der Waals surface area contributed by atoms with Crippen molar-refractivity contribution in [2.24, 2.45) is 5.41 Å². The van der Waals surface area contributed by atoms with Crippen LogP contribution in [0.2, 0.25) is 0 Å². The first-order valence-corrected chi connectivity index (χ1v) is 11.8. The molecule has 3 atom stereocenters. The first-order valence-electron chi connectivity index (χ1n) is 11.8. The Bertz CT molecular complexity index is 1150. The van der Waals surface area contributed by atoms with Crippen LogP contribution in [0.3, 0.4) is 0 Å². The number of nitrogens with zero attached hydrogens (tertiary/aromatic N) is 1. The Kier molecular flexibility index (Phi) is 10.1. The van der Waals surface area contributed by atoms with Crippen molar-refractivity contribution in [2.75, 3.05) is 28.1 Å². The number of hydrogen-bond acceptors (Lipinski definition) is 11. The summed E-state index contributed by atoms with van der Waals surface area (Å²) >= 11 is 0. The summed E-state index contributed by atoms with van der Waals surface area (Å²) < 4.78 is 26.4. The molecule has 12 nitrogen and oxygen atoms in total. The van der Waals surface area contributed by atoms with Gasteiger partial charge in [0, 0.05) is 26.4 Å². The van der Waals surface area contributed by atoms with Crippen LogP contribution >= 0.6 is 0 Å². The molecule has 38 heavy (non-hydrogen) atoms. The number of nitro groups is 1. The Labute approximate surface area is 221 Å². The molecule has 1 aliphatic heterocycles. The average molecular weight is 535 g/mol. The maximum atomic E-state index is 13.6. The first kappa shape index (κ1) is 30.5. The summed E-state index contributed by atoms with van der Waals surface area (Å²) in [6.07, 6.45) is -1.39. The molecule has 0 radical (unpaired) electrons. The van der Waals surface area contributed by atoms with Crippen LogP contribution in [0.25, 0.3) is 0 Å². The summed E-state index contributed by atoms with van der Waals surface area (Å²) in [6.45, 7) is 7.60. The first-order chi connectivity index (χ1) is 17.8. The fourth-order valence-corrected chi connectivity index (χ4v) is 3.76. The molecule has 1 N–H and O–H groups in total. The molecule has 3 unspecified atom stereocenters. The third kappa shape index (κ3) is 6.75. The minimum atomic E-state index is -1.17. The number of esters is 3. The van der Waals surface area contributed by atoms with E-state index in [1.807, 2.05) is 0 Å². The van der Waals surface area contributed by atoms with Crippen LogP contribution in [0, 0.1) is 15.5 Å². The fourth-order valence-electron chi connectivity index (χ4n) is 3.76. The van der Waals surface area contributed by atoms with Crippen molar-refractivity contribution in [3.8, 4) is 0 Å². The second kappa shape index (κ2) is 12.7. The van der Waals surface area contributed by atoms with Crippen molar-refractivity contribution in [1.29, 1.82) is 0 Å². The van der Waals surface area contributed by atoms with Gasteiger partial charge in [0.15, 0.2) is 0 Å². The molecule has 0 amide bonds. The van der Waals surface area contributed by atoms with Crippen LogP contribution in [0.5, 0.6) is 0 Å². The molecule has 0 bridgehead atoms. The van der Waals surface area contributed by atoms with Crippen LogP contribution in [0.1, 0.15) is 46.1 Å². The lowest BCUT2D eigenvalue weighted by Crippen LogP contribution is -2.41.